The van der Waals surface area contributed by atoms with Gasteiger partial charge in [0, 0.05) is 44.5 Å². The zero-order valence-electron chi connectivity index (χ0n) is 19.9. The molecule has 0 spiro atoms. The molecular formula is C28H35N3O2. The van der Waals surface area contributed by atoms with Crippen LogP contribution >= 0.6 is 0 Å². The summed E-state index contributed by atoms with van der Waals surface area (Å²) in [5, 5.41) is 0. The Morgan fingerprint density at radius 3 is 2.64 bits per heavy atom. The first-order valence-corrected chi connectivity index (χ1v) is 12.3. The summed E-state index contributed by atoms with van der Waals surface area (Å²) in [5.74, 6) is 0.457. The van der Waals surface area contributed by atoms with Gasteiger partial charge in [-0.05, 0) is 68.7 Å². The third kappa shape index (κ3) is 5.02. The number of benzene rings is 1. The molecule has 1 aliphatic carbocycles. The molecule has 0 bridgehead atoms. The van der Waals surface area contributed by atoms with E-state index >= 15 is 0 Å². The van der Waals surface area contributed by atoms with E-state index in [0.29, 0.717) is 39.0 Å². The van der Waals surface area contributed by atoms with Crippen LogP contribution in [0.5, 0.6) is 0 Å². The number of carbonyl (C=O) groups is 2. The van der Waals surface area contributed by atoms with Crippen LogP contribution in [0.4, 0.5) is 0 Å². The van der Waals surface area contributed by atoms with E-state index in [2.05, 4.69) is 47.5 Å². The zero-order valence-corrected chi connectivity index (χ0v) is 19.9. The van der Waals surface area contributed by atoms with E-state index in [9.17, 15) is 9.59 Å². The fourth-order valence-electron chi connectivity index (χ4n) is 5.36. The molecule has 2 atom stereocenters. The normalized spacial score (nSPS) is 22.4. The topological polar surface area (TPSA) is 53.5 Å². The lowest BCUT2D eigenvalue weighted by atomic mass is 9.78. The predicted octanol–water partition coefficient (Wildman–Crippen LogP) is 4.73. The minimum Gasteiger partial charge on any atom is -0.343 e. The summed E-state index contributed by atoms with van der Waals surface area (Å²) in [6.07, 6.45) is 12.0. The molecule has 2 aromatic rings. The maximum absolute atomic E-state index is 13.8. The maximum atomic E-state index is 13.8. The van der Waals surface area contributed by atoms with Gasteiger partial charge >= 0.3 is 0 Å². The molecule has 4 rings (SSSR count). The zero-order chi connectivity index (χ0) is 23.3. The van der Waals surface area contributed by atoms with Crippen LogP contribution in [0.25, 0.3) is 11.1 Å². The molecule has 2 aliphatic rings. The Balaban J connectivity index is 1.60. The van der Waals surface area contributed by atoms with Crippen LogP contribution in [0.1, 0.15) is 45.1 Å². The van der Waals surface area contributed by atoms with E-state index in [1.807, 2.05) is 35.9 Å². The first-order chi connectivity index (χ1) is 16.1. The van der Waals surface area contributed by atoms with E-state index in [-0.39, 0.29) is 17.7 Å². The molecule has 2 amide bonds. The highest BCUT2D eigenvalue weighted by Crippen LogP contribution is 2.38. The van der Waals surface area contributed by atoms with Gasteiger partial charge in [0.1, 0.15) is 0 Å². The molecule has 5 heteroatoms. The number of nitrogens with zero attached hydrogens (tertiary/aromatic N) is 3. The van der Waals surface area contributed by atoms with Crippen molar-refractivity contribution in [3.05, 3.63) is 66.5 Å². The van der Waals surface area contributed by atoms with Crippen LogP contribution in [0.15, 0.2) is 60.9 Å². The van der Waals surface area contributed by atoms with Crippen molar-refractivity contribution >= 4 is 11.8 Å². The van der Waals surface area contributed by atoms with Gasteiger partial charge in [0.15, 0.2) is 0 Å². The number of hydrogen-bond acceptors (Lipinski definition) is 3. The van der Waals surface area contributed by atoms with E-state index in [0.717, 1.165) is 36.0 Å². The summed E-state index contributed by atoms with van der Waals surface area (Å²) in [5.41, 5.74) is 2.73. The smallest absolute Gasteiger partial charge is 0.230 e. The highest BCUT2D eigenvalue weighted by molar-refractivity contribution is 5.86. The molecular weight excluding hydrogens is 410 g/mol. The Kier molecular flexibility index (Phi) is 7.26. The highest BCUT2D eigenvalue weighted by Gasteiger charge is 2.48. The van der Waals surface area contributed by atoms with Gasteiger partial charge in [-0.15, -0.1) is 0 Å². The Labute approximate surface area is 197 Å². The molecule has 1 aromatic heterocycles. The second-order valence-electron chi connectivity index (χ2n) is 9.37. The number of aromatic nitrogens is 1. The van der Waals surface area contributed by atoms with E-state index in [1.54, 1.807) is 6.20 Å². The largest absolute Gasteiger partial charge is 0.343 e. The van der Waals surface area contributed by atoms with Crippen LogP contribution < -0.4 is 0 Å². The average molecular weight is 446 g/mol. The van der Waals surface area contributed by atoms with E-state index in [1.165, 1.54) is 0 Å². The minimum atomic E-state index is -0.570. The Morgan fingerprint density at radius 2 is 1.94 bits per heavy atom. The number of amides is 2. The van der Waals surface area contributed by atoms with Crippen molar-refractivity contribution in [1.82, 2.24) is 14.8 Å². The van der Waals surface area contributed by atoms with Gasteiger partial charge < -0.3 is 9.80 Å². The molecule has 174 valence electrons. The summed E-state index contributed by atoms with van der Waals surface area (Å²) in [7, 11) is 0. The van der Waals surface area contributed by atoms with E-state index < -0.39 is 5.41 Å². The monoisotopic (exact) mass is 445 g/mol. The predicted molar refractivity (Wildman–Crippen MR) is 131 cm³/mol. The van der Waals surface area contributed by atoms with Gasteiger partial charge in [0.05, 0.1) is 5.41 Å². The number of carbonyl (C=O) groups excluding carboxylic acids is 2. The fourth-order valence-corrected chi connectivity index (χ4v) is 5.36. The molecule has 0 unspecified atom stereocenters. The molecule has 2 heterocycles. The number of pyridine rings is 1. The molecule has 0 saturated carbocycles. The molecule has 33 heavy (non-hydrogen) atoms. The van der Waals surface area contributed by atoms with Gasteiger partial charge in [0.2, 0.25) is 11.8 Å². The SMILES string of the molecule is CCN(CC)C(=O)[C@]1(Cc2cccc(-c3cccnc3)c2)CCN(C(=O)[C@H]2CC=CCC2)C1. The first-order valence-electron chi connectivity index (χ1n) is 12.3. The van der Waals surface area contributed by atoms with Crippen molar-refractivity contribution in [2.45, 2.75) is 46.0 Å². The van der Waals surface area contributed by atoms with Crippen molar-refractivity contribution < 1.29 is 9.59 Å². The minimum absolute atomic E-state index is 0.0586. The van der Waals surface area contributed by atoms with Crippen LogP contribution in [0, 0.1) is 11.3 Å². The second-order valence-corrected chi connectivity index (χ2v) is 9.37. The summed E-state index contributed by atoms with van der Waals surface area (Å²) in [6, 6.07) is 12.4. The number of hydrogen-bond donors (Lipinski definition) is 0. The third-order valence-electron chi connectivity index (χ3n) is 7.25. The molecule has 5 nitrogen and oxygen atoms in total. The van der Waals surface area contributed by atoms with Crippen molar-refractivity contribution in [3.8, 4) is 11.1 Å². The van der Waals surface area contributed by atoms with Gasteiger partial charge in [-0.2, -0.15) is 0 Å². The molecule has 1 aliphatic heterocycles. The van der Waals surface area contributed by atoms with Gasteiger partial charge in [-0.1, -0.05) is 42.5 Å². The fraction of sp³-hybridized carbons (Fsp3) is 0.464. The lowest BCUT2D eigenvalue weighted by molar-refractivity contribution is -0.142. The summed E-state index contributed by atoms with van der Waals surface area (Å²) < 4.78 is 0. The standard InChI is InChI=1S/C28H35N3O2/c1-3-30(4-2)27(33)28(15-17-31(21-28)26(32)23-11-6-5-7-12-23)19-22-10-8-13-24(18-22)25-14-9-16-29-20-25/h5-6,8-10,13-14,16,18,20,23H,3-4,7,11-12,15,17,19,21H2,1-2H3/t23-,28-/m0/s1. The van der Waals surface area contributed by atoms with Crippen LogP contribution in [0.2, 0.25) is 0 Å². The lowest BCUT2D eigenvalue weighted by Crippen LogP contribution is -2.47. The third-order valence-corrected chi connectivity index (χ3v) is 7.25. The second kappa shape index (κ2) is 10.3. The molecule has 0 N–H and O–H groups in total. The summed E-state index contributed by atoms with van der Waals surface area (Å²) in [6.45, 7) is 6.62. The van der Waals surface area contributed by atoms with Crippen LogP contribution in [-0.4, -0.2) is 52.8 Å². The maximum Gasteiger partial charge on any atom is 0.230 e. The Hall–Kier alpha value is -2.95. The van der Waals surface area contributed by atoms with Gasteiger partial charge in [-0.25, -0.2) is 0 Å². The lowest BCUT2D eigenvalue weighted by Gasteiger charge is -2.34. The average Bonchev–Trinajstić information content (AvgIpc) is 3.30. The van der Waals surface area contributed by atoms with Crippen LogP contribution in [-0.2, 0) is 16.0 Å². The Morgan fingerprint density at radius 1 is 1.12 bits per heavy atom. The number of likely N-dealkylation sites (tertiary alicyclic amines) is 1. The van der Waals surface area contributed by atoms with E-state index in [4.69, 9.17) is 0 Å². The van der Waals surface area contributed by atoms with Crippen LogP contribution in [0.3, 0.4) is 0 Å². The Bertz CT molecular complexity index is 999. The summed E-state index contributed by atoms with van der Waals surface area (Å²) in [4.78, 5) is 35.2. The summed E-state index contributed by atoms with van der Waals surface area (Å²) >= 11 is 0. The van der Waals surface area contributed by atoms with Gasteiger partial charge in [0.25, 0.3) is 0 Å². The van der Waals surface area contributed by atoms with Crippen molar-refractivity contribution in [3.63, 3.8) is 0 Å². The number of allylic oxidation sites excluding steroid dienone is 2. The molecule has 1 fully saturated rings. The van der Waals surface area contributed by atoms with Crippen molar-refractivity contribution in [2.24, 2.45) is 11.3 Å². The highest BCUT2D eigenvalue weighted by atomic mass is 16.2. The molecule has 1 saturated heterocycles. The molecule has 0 radical (unpaired) electrons. The number of rotatable bonds is 7. The van der Waals surface area contributed by atoms with Crippen molar-refractivity contribution in [2.75, 3.05) is 26.2 Å². The quantitative estimate of drug-likeness (QED) is 0.579. The van der Waals surface area contributed by atoms with Gasteiger partial charge in [-0.3, -0.25) is 14.6 Å². The van der Waals surface area contributed by atoms with Crippen molar-refractivity contribution in [1.29, 1.82) is 0 Å². The first kappa shape index (κ1) is 23.2. The molecule has 1 aromatic carbocycles.